The zero-order valence-electron chi connectivity index (χ0n) is 10.8. The van der Waals surface area contributed by atoms with Gasteiger partial charge in [0.1, 0.15) is 0 Å². The van der Waals surface area contributed by atoms with Crippen LogP contribution in [0.5, 0.6) is 0 Å². The number of likely N-dealkylation sites (tertiary alicyclic amines) is 1. The fraction of sp³-hybridized carbons (Fsp3) is 0.857. The van der Waals surface area contributed by atoms with Crippen LogP contribution in [0.4, 0.5) is 0 Å². The fourth-order valence-electron chi connectivity index (χ4n) is 2.47. The Bertz CT molecular complexity index is 219. The summed E-state index contributed by atoms with van der Waals surface area (Å²) in [7, 11) is 2.25. The quantitative estimate of drug-likeness (QED) is 0.694. The first-order chi connectivity index (χ1) is 7.77. The molecule has 92 valence electrons. The second-order valence-electron chi connectivity index (χ2n) is 4.89. The van der Waals surface area contributed by atoms with Crippen molar-refractivity contribution in [2.24, 2.45) is 0 Å². The molecule has 0 aliphatic carbocycles. The molecule has 1 aliphatic heterocycles. The highest BCUT2D eigenvalue weighted by Gasteiger charge is 2.18. The molecule has 1 fully saturated rings. The molecule has 0 aromatic carbocycles. The van der Waals surface area contributed by atoms with Gasteiger partial charge in [0, 0.05) is 18.5 Å². The van der Waals surface area contributed by atoms with Gasteiger partial charge < -0.3 is 10.2 Å². The predicted molar refractivity (Wildman–Crippen MR) is 70.4 cm³/mol. The number of terminal acetylenes is 1. The van der Waals surface area contributed by atoms with Crippen molar-refractivity contribution in [2.45, 2.75) is 57.5 Å². The average molecular weight is 222 g/mol. The van der Waals surface area contributed by atoms with Crippen molar-refractivity contribution in [1.82, 2.24) is 10.2 Å². The molecule has 0 spiro atoms. The van der Waals surface area contributed by atoms with Crippen molar-refractivity contribution >= 4 is 0 Å². The second-order valence-corrected chi connectivity index (χ2v) is 4.89. The minimum absolute atomic E-state index is 0.513. The molecule has 1 aliphatic rings. The van der Waals surface area contributed by atoms with E-state index in [9.17, 15) is 0 Å². The molecule has 1 heterocycles. The molecule has 0 radical (unpaired) electrons. The Labute approximate surface area is 101 Å². The van der Waals surface area contributed by atoms with Crippen LogP contribution in [0.25, 0.3) is 0 Å². The van der Waals surface area contributed by atoms with E-state index in [1.165, 1.54) is 32.2 Å². The molecule has 16 heavy (non-hydrogen) atoms. The highest BCUT2D eigenvalue weighted by Crippen LogP contribution is 2.17. The van der Waals surface area contributed by atoms with Crippen LogP contribution < -0.4 is 5.32 Å². The summed E-state index contributed by atoms with van der Waals surface area (Å²) in [6.07, 6.45) is 12.7. The van der Waals surface area contributed by atoms with Gasteiger partial charge in [-0.05, 0) is 45.8 Å². The van der Waals surface area contributed by atoms with Crippen LogP contribution in [0.2, 0.25) is 0 Å². The minimum Gasteiger partial charge on any atom is -0.313 e. The molecule has 0 bridgehead atoms. The van der Waals surface area contributed by atoms with E-state index in [4.69, 9.17) is 6.42 Å². The summed E-state index contributed by atoms with van der Waals surface area (Å²) in [4.78, 5) is 2.51. The Balaban J connectivity index is 2.16. The number of hydrogen-bond acceptors (Lipinski definition) is 2. The van der Waals surface area contributed by atoms with Crippen molar-refractivity contribution in [3.63, 3.8) is 0 Å². The summed E-state index contributed by atoms with van der Waals surface area (Å²) in [5.74, 6) is 2.74. The third kappa shape index (κ3) is 4.55. The molecule has 0 saturated carbocycles. The van der Waals surface area contributed by atoms with Crippen LogP contribution in [-0.2, 0) is 0 Å². The summed E-state index contributed by atoms with van der Waals surface area (Å²) in [5.41, 5.74) is 0. The Morgan fingerprint density at radius 1 is 1.50 bits per heavy atom. The molecule has 0 aromatic rings. The molecule has 1 rings (SSSR count). The van der Waals surface area contributed by atoms with Gasteiger partial charge in [-0.25, -0.2) is 0 Å². The number of hydrogen-bond donors (Lipinski definition) is 1. The van der Waals surface area contributed by atoms with Gasteiger partial charge in [-0.1, -0.05) is 13.3 Å². The van der Waals surface area contributed by atoms with Gasteiger partial charge in [0.25, 0.3) is 0 Å². The number of nitrogens with zero attached hydrogens (tertiary/aromatic N) is 1. The normalized spacial score (nSPS) is 23.9. The minimum atomic E-state index is 0.513. The Hall–Kier alpha value is -0.520. The lowest BCUT2D eigenvalue weighted by molar-refractivity contribution is 0.174. The van der Waals surface area contributed by atoms with Crippen LogP contribution in [-0.4, -0.2) is 37.1 Å². The van der Waals surface area contributed by atoms with Gasteiger partial charge in [0.2, 0.25) is 0 Å². The van der Waals surface area contributed by atoms with Crippen LogP contribution in [0, 0.1) is 12.3 Å². The van der Waals surface area contributed by atoms with Gasteiger partial charge in [-0.2, -0.15) is 0 Å². The molecule has 2 unspecified atom stereocenters. The topological polar surface area (TPSA) is 15.3 Å². The monoisotopic (exact) mass is 222 g/mol. The Morgan fingerprint density at radius 2 is 2.31 bits per heavy atom. The highest BCUT2D eigenvalue weighted by atomic mass is 15.1. The van der Waals surface area contributed by atoms with E-state index in [0.717, 1.165) is 25.4 Å². The van der Waals surface area contributed by atoms with E-state index in [0.29, 0.717) is 6.04 Å². The maximum Gasteiger partial charge on any atom is 0.0240 e. The lowest BCUT2D eigenvalue weighted by Crippen LogP contribution is -2.39. The summed E-state index contributed by atoms with van der Waals surface area (Å²) in [5, 5.41) is 3.57. The zero-order valence-corrected chi connectivity index (χ0v) is 10.8. The van der Waals surface area contributed by atoms with Gasteiger partial charge in [-0.3, -0.25) is 0 Å². The fourth-order valence-corrected chi connectivity index (χ4v) is 2.47. The zero-order chi connectivity index (χ0) is 11.8. The van der Waals surface area contributed by atoms with E-state index in [2.05, 4.69) is 30.1 Å². The average Bonchev–Trinajstić information content (AvgIpc) is 2.30. The van der Waals surface area contributed by atoms with Crippen molar-refractivity contribution in [3.8, 4) is 12.3 Å². The highest BCUT2D eigenvalue weighted by molar-refractivity contribution is 4.89. The molecule has 0 amide bonds. The first kappa shape index (κ1) is 13.5. The summed E-state index contributed by atoms with van der Waals surface area (Å²) in [6, 6.07) is 1.29. The van der Waals surface area contributed by atoms with E-state index in [1.54, 1.807) is 0 Å². The predicted octanol–water partition coefficient (Wildman–Crippen LogP) is 2.25. The van der Waals surface area contributed by atoms with Gasteiger partial charge in [-0.15, -0.1) is 12.3 Å². The van der Waals surface area contributed by atoms with Gasteiger partial charge >= 0.3 is 0 Å². The van der Waals surface area contributed by atoms with E-state index in [-0.39, 0.29) is 0 Å². The molecule has 2 heteroatoms. The summed E-state index contributed by atoms with van der Waals surface area (Å²) >= 11 is 0. The van der Waals surface area contributed by atoms with E-state index in [1.807, 2.05) is 0 Å². The van der Waals surface area contributed by atoms with Crippen LogP contribution in [0.3, 0.4) is 0 Å². The molecule has 2 nitrogen and oxygen atoms in total. The van der Waals surface area contributed by atoms with Crippen molar-refractivity contribution in [1.29, 1.82) is 0 Å². The third-order valence-corrected chi connectivity index (χ3v) is 3.69. The van der Waals surface area contributed by atoms with Crippen molar-refractivity contribution in [3.05, 3.63) is 0 Å². The molecule has 0 aromatic heterocycles. The second kappa shape index (κ2) is 7.70. The summed E-state index contributed by atoms with van der Waals surface area (Å²) in [6.45, 7) is 4.57. The third-order valence-electron chi connectivity index (χ3n) is 3.69. The largest absolute Gasteiger partial charge is 0.313 e. The molecule has 2 atom stereocenters. The first-order valence-corrected chi connectivity index (χ1v) is 6.65. The first-order valence-electron chi connectivity index (χ1n) is 6.65. The van der Waals surface area contributed by atoms with Gasteiger partial charge in [0.15, 0.2) is 0 Å². The molecular formula is C14H26N2. The smallest absolute Gasteiger partial charge is 0.0240 e. The maximum atomic E-state index is 5.34. The number of piperidine rings is 1. The Kier molecular flexibility index (Phi) is 6.52. The lowest BCUT2D eigenvalue weighted by atomic mass is 10.00. The SMILES string of the molecule is C#CCC(CC)NCCC1CCCCN1C. The van der Waals surface area contributed by atoms with Crippen molar-refractivity contribution < 1.29 is 0 Å². The lowest BCUT2D eigenvalue weighted by Gasteiger charge is -2.32. The summed E-state index contributed by atoms with van der Waals surface area (Å²) < 4.78 is 0. The van der Waals surface area contributed by atoms with Crippen LogP contribution >= 0.6 is 0 Å². The van der Waals surface area contributed by atoms with Crippen LogP contribution in [0.15, 0.2) is 0 Å². The van der Waals surface area contributed by atoms with E-state index >= 15 is 0 Å². The standard InChI is InChI=1S/C14H26N2/c1-4-8-13(5-2)15-11-10-14-9-6-7-12-16(14)3/h1,13-15H,5-12H2,2-3H3. The maximum absolute atomic E-state index is 5.34. The van der Waals surface area contributed by atoms with E-state index < -0.39 is 0 Å². The number of rotatable bonds is 6. The van der Waals surface area contributed by atoms with Crippen LogP contribution in [0.1, 0.15) is 45.4 Å². The van der Waals surface area contributed by atoms with Gasteiger partial charge in [0.05, 0.1) is 0 Å². The molecule has 1 N–H and O–H groups in total. The molecular weight excluding hydrogens is 196 g/mol. The molecule has 1 saturated heterocycles. The number of nitrogens with one attached hydrogen (secondary N) is 1. The van der Waals surface area contributed by atoms with Crippen molar-refractivity contribution in [2.75, 3.05) is 20.1 Å². The Morgan fingerprint density at radius 3 is 2.94 bits per heavy atom.